The SMILES string of the molecule is COc1ccc(C(=O)Nc2cc(-c3nnc4n3CCCCC4)ccc2F)c(OC)c1. The van der Waals surface area contributed by atoms with Gasteiger partial charge in [0.25, 0.3) is 5.91 Å². The molecule has 0 spiro atoms. The zero-order valence-electron chi connectivity index (χ0n) is 16.9. The minimum atomic E-state index is -0.532. The van der Waals surface area contributed by atoms with Crippen LogP contribution in [0.2, 0.25) is 0 Å². The van der Waals surface area contributed by atoms with Gasteiger partial charge in [0.05, 0.1) is 25.5 Å². The normalized spacial score (nSPS) is 13.3. The molecule has 3 aromatic rings. The number of aryl methyl sites for hydroxylation is 1. The van der Waals surface area contributed by atoms with Crippen molar-refractivity contribution < 1.29 is 18.7 Å². The van der Waals surface area contributed by atoms with Crippen LogP contribution in [0.25, 0.3) is 11.4 Å². The summed E-state index contributed by atoms with van der Waals surface area (Å²) in [4.78, 5) is 12.8. The number of carbonyl (C=O) groups is 1. The minimum Gasteiger partial charge on any atom is -0.497 e. The first-order valence-electron chi connectivity index (χ1n) is 9.86. The van der Waals surface area contributed by atoms with E-state index in [0.717, 1.165) is 38.1 Å². The number of carbonyl (C=O) groups excluding carboxylic acids is 1. The standard InChI is InChI=1S/C22H23FN4O3/c1-29-15-8-9-16(19(13-15)30-2)22(28)24-18-12-14(7-10-17(18)23)21-26-25-20-6-4-3-5-11-27(20)21/h7-10,12-13H,3-6,11H2,1-2H3,(H,24,28). The molecule has 1 aliphatic rings. The smallest absolute Gasteiger partial charge is 0.259 e. The summed E-state index contributed by atoms with van der Waals surface area (Å²) >= 11 is 0. The van der Waals surface area contributed by atoms with Gasteiger partial charge in [-0.15, -0.1) is 10.2 Å². The van der Waals surface area contributed by atoms with E-state index < -0.39 is 11.7 Å². The van der Waals surface area contributed by atoms with E-state index in [-0.39, 0.29) is 11.3 Å². The fourth-order valence-electron chi connectivity index (χ4n) is 3.63. The Morgan fingerprint density at radius 3 is 2.73 bits per heavy atom. The average Bonchev–Trinajstić information content (AvgIpc) is 3.02. The van der Waals surface area contributed by atoms with Gasteiger partial charge >= 0.3 is 0 Å². The lowest BCUT2D eigenvalue weighted by molar-refractivity contribution is 0.102. The third-order valence-corrected chi connectivity index (χ3v) is 5.24. The summed E-state index contributed by atoms with van der Waals surface area (Å²) in [5, 5.41) is 11.2. The number of nitrogens with one attached hydrogen (secondary N) is 1. The Bertz CT molecular complexity index is 1080. The summed E-state index contributed by atoms with van der Waals surface area (Å²) in [5.41, 5.74) is 1.05. The molecular weight excluding hydrogens is 387 g/mol. The van der Waals surface area contributed by atoms with Gasteiger partial charge in [0.1, 0.15) is 23.1 Å². The van der Waals surface area contributed by atoms with E-state index >= 15 is 0 Å². The van der Waals surface area contributed by atoms with Crippen LogP contribution in [0.1, 0.15) is 35.4 Å². The van der Waals surface area contributed by atoms with Crippen LogP contribution >= 0.6 is 0 Å². The van der Waals surface area contributed by atoms with Crippen molar-refractivity contribution in [1.82, 2.24) is 14.8 Å². The van der Waals surface area contributed by atoms with Gasteiger partial charge in [-0.2, -0.15) is 0 Å². The Morgan fingerprint density at radius 2 is 1.93 bits per heavy atom. The lowest BCUT2D eigenvalue weighted by Gasteiger charge is -2.12. The highest BCUT2D eigenvalue weighted by atomic mass is 19.1. The molecule has 1 amide bonds. The first-order valence-corrected chi connectivity index (χ1v) is 9.86. The van der Waals surface area contributed by atoms with Crippen LogP contribution in [0.5, 0.6) is 11.5 Å². The molecule has 0 radical (unpaired) electrons. The first-order chi connectivity index (χ1) is 14.6. The summed E-state index contributed by atoms with van der Waals surface area (Å²) in [5.74, 6) is 1.51. The highest BCUT2D eigenvalue weighted by Crippen LogP contribution is 2.29. The number of anilines is 1. The zero-order valence-corrected chi connectivity index (χ0v) is 16.9. The van der Waals surface area contributed by atoms with Gasteiger partial charge in [-0.25, -0.2) is 4.39 Å². The maximum absolute atomic E-state index is 14.5. The second-order valence-corrected chi connectivity index (χ2v) is 7.12. The molecule has 2 heterocycles. The number of nitrogens with zero attached hydrogens (tertiary/aromatic N) is 3. The molecule has 0 fully saturated rings. The Labute approximate surface area is 173 Å². The van der Waals surface area contributed by atoms with E-state index in [1.807, 2.05) is 0 Å². The monoisotopic (exact) mass is 410 g/mol. The number of hydrogen-bond acceptors (Lipinski definition) is 5. The Balaban J connectivity index is 1.64. The van der Waals surface area contributed by atoms with E-state index in [0.29, 0.717) is 22.9 Å². The van der Waals surface area contributed by atoms with Crippen molar-refractivity contribution in [1.29, 1.82) is 0 Å². The number of amides is 1. The molecule has 0 unspecified atom stereocenters. The maximum Gasteiger partial charge on any atom is 0.259 e. The van der Waals surface area contributed by atoms with E-state index in [1.165, 1.54) is 20.3 Å². The fraction of sp³-hybridized carbons (Fsp3) is 0.318. The molecule has 4 rings (SSSR count). The van der Waals surface area contributed by atoms with Crippen molar-refractivity contribution in [3.8, 4) is 22.9 Å². The molecule has 1 aliphatic heterocycles. The number of hydrogen-bond donors (Lipinski definition) is 1. The molecule has 0 bridgehead atoms. The van der Waals surface area contributed by atoms with Crippen molar-refractivity contribution >= 4 is 11.6 Å². The second-order valence-electron chi connectivity index (χ2n) is 7.12. The Kier molecular flexibility index (Phi) is 5.65. The van der Waals surface area contributed by atoms with Gasteiger partial charge < -0.3 is 19.4 Å². The van der Waals surface area contributed by atoms with Gasteiger partial charge in [-0.3, -0.25) is 4.79 Å². The van der Waals surface area contributed by atoms with Gasteiger partial charge in [0, 0.05) is 24.6 Å². The lowest BCUT2D eigenvalue weighted by atomic mass is 10.1. The Hall–Kier alpha value is -3.42. The maximum atomic E-state index is 14.5. The summed E-state index contributed by atoms with van der Waals surface area (Å²) in [7, 11) is 2.99. The van der Waals surface area contributed by atoms with E-state index in [4.69, 9.17) is 9.47 Å². The van der Waals surface area contributed by atoms with E-state index in [9.17, 15) is 9.18 Å². The van der Waals surface area contributed by atoms with Crippen molar-refractivity contribution in [3.05, 3.63) is 53.6 Å². The molecular formula is C22H23FN4O3. The van der Waals surface area contributed by atoms with Gasteiger partial charge in [-0.05, 0) is 43.2 Å². The third kappa shape index (κ3) is 3.85. The highest BCUT2D eigenvalue weighted by molar-refractivity contribution is 6.06. The number of rotatable bonds is 5. The molecule has 7 nitrogen and oxygen atoms in total. The van der Waals surface area contributed by atoms with Crippen molar-refractivity contribution in [2.75, 3.05) is 19.5 Å². The summed E-state index contributed by atoms with van der Waals surface area (Å²) in [6.07, 6.45) is 4.18. The summed E-state index contributed by atoms with van der Waals surface area (Å²) < 4.78 is 27.0. The average molecular weight is 410 g/mol. The van der Waals surface area contributed by atoms with Crippen LogP contribution in [-0.4, -0.2) is 34.9 Å². The Morgan fingerprint density at radius 1 is 1.07 bits per heavy atom. The predicted octanol–water partition coefficient (Wildman–Crippen LogP) is 4.08. The summed E-state index contributed by atoms with van der Waals surface area (Å²) in [6.45, 7) is 0.833. The molecule has 30 heavy (non-hydrogen) atoms. The molecule has 1 aromatic heterocycles. The van der Waals surface area contributed by atoms with Crippen molar-refractivity contribution in [3.63, 3.8) is 0 Å². The topological polar surface area (TPSA) is 78.3 Å². The third-order valence-electron chi connectivity index (χ3n) is 5.24. The molecule has 0 saturated heterocycles. The number of halogens is 1. The first kappa shape index (κ1) is 19.9. The number of methoxy groups -OCH3 is 2. The van der Waals surface area contributed by atoms with Crippen molar-refractivity contribution in [2.45, 2.75) is 32.2 Å². The quantitative estimate of drug-likeness (QED) is 0.686. The molecule has 0 aliphatic carbocycles. The fourth-order valence-corrected chi connectivity index (χ4v) is 3.63. The van der Waals surface area contributed by atoms with Gasteiger partial charge in [0.2, 0.25) is 0 Å². The number of aromatic nitrogens is 3. The number of fused-ring (bicyclic) bond motifs is 1. The van der Waals surface area contributed by atoms with Gasteiger partial charge in [-0.1, -0.05) is 6.42 Å². The zero-order chi connectivity index (χ0) is 21.1. The number of benzene rings is 2. The number of ether oxygens (including phenoxy) is 2. The van der Waals surface area contributed by atoms with Crippen LogP contribution in [0.15, 0.2) is 36.4 Å². The van der Waals surface area contributed by atoms with Crippen LogP contribution in [-0.2, 0) is 13.0 Å². The van der Waals surface area contributed by atoms with Crippen molar-refractivity contribution in [2.24, 2.45) is 0 Å². The molecule has 1 N–H and O–H groups in total. The van der Waals surface area contributed by atoms with E-state index in [2.05, 4.69) is 20.1 Å². The summed E-state index contributed by atoms with van der Waals surface area (Å²) in [6, 6.07) is 9.40. The van der Waals surface area contributed by atoms with Crippen LogP contribution < -0.4 is 14.8 Å². The van der Waals surface area contributed by atoms with E-state index in [1.54, 1.807) is 30.3 Å². The predicted molar refractivity (Wildman–Crippen MR) is 110 cm³/mol. The molecule has 2 aromatic carbocycles. The minimum absolute atomic E-state index is 0.0707. The van der Waals surface area contributed by atoms with Crippen LogP contribution in [0.3, 0.4) is 0 Å². The molecule has 156 valence electrons. The second kappa shape index (κ2) is 8.52. The molecule has 0 atom stereocenters. The van der Waals surface area contributed by atoms with Crippen LogP contribution in [0.4, 0.5) is 10.1 Å². The van der Waals surface area contributed by atoms with Crippen LogP contribution in [0, 0.1) is 5.82 Å². The largest absolute Gasteiger partial charge is 0.497 e. The highest BCUT2D eigenvalue weighted by Gasteiger charge is 2.19. The molecule has 0 saturated carbocycles. The lowest BCUT2D eigenvalue weighted by Crippen LogP contribution is -2.14. The van der Waals surface area contributed by atoms with Gasteiger partial charge in [0.15, 0.2) is 5.82 Å². The molecule has 8 heteroatoms.